The van der Waals surface area contributed by atoms with Gasteiger partial charge in [0.1, 0.15) is 5.75 Å². The van der Waals surface area contributed by atoms with E-state index in [9.17, 15) is 9.59 Å². The van der Waals surface area contributed by atoms with Crippen LogP contribution in [0.1, 0.15) is 32.3 Å². The smallest absolute Gasteiger partial charge is 0.305 e. The van der Waals surface area contributed by atoms with Gasteiger partial charge in [0.2, 0.25) is 5.91 Å². The number of benzene rings is 1. The molecule has 0 aliphatic carbocycles. The molecule has 0 saturated heterocycles. The van der Waals surface area contributed by atoms with Crippen molar-refractivity contribution >= 4 is 17.6 Å². The number of nitrogens with zero attached hydrogens (tertiary/aromatic N) is 1. The van der Waals surface area contributed by atoms with Gasteiger partial charge in [0.05, 0.1) is 19.1 Å². The summed E-state index contributed by atoms with van der Waals surface area (Å²) in [6.45, 7) is 4.00. The van der Waals surface area contributed by atoms with Crippen molar-refractivity contribution in [3.05, 3.63) is 23.8 Å². The topological polar surface area (TPSA) is 55.8 Å². The number of likely N-dealkylation sites (N-methyl/N-ethyl adjacent to an activating group) is 1. The van der Waals surface area contributed by atoms with Crippen LogP contribution in [0.5, 0.6) is 5.75 Å². The maximum Gasteiger partial charge on any atom is 0.305 e. The van der Waals surface area contributed by atoms with Gasteiger partial charge in [-0.25, -0.2) is 0 Å². The van der Waals surface area contributed by atoms with E-state index in [0.29, 0.717) is 18.8 Å². The number of anilines is 1. The van der Waals surface area contributed by atoms with Crippen molar-refractivity contribution in [1.29, 1.82) is 0 Å². The minimum Gasteiger partial charge on any atom is -0.497 e. The highest BCUT2D eigenvalue weighted by Crippen LogP contribution is 2.45. The predicted molar refractivity (Wildman–Crippen MR) is 79.6 cm³/mol. The lowest BCUT2D eigenvalue weighted by Gasteiger charge is -2.22. The van der Waals surface area contributed by atoms with E-state index in [1.54, 1.807) is 26.0 Å². The Hall–Kier alpha value is -2.04. The molecule has 0 radical (unpaired) electrons. The van der Waals surface area contributed by atoms with E-state index in [1.807, 2.05) is 25.1 Å². The normalized spacial score (nSPS) is 20.4. The Morgan fingerprint density at radius 3 is 2.71 bits per heavy atom. The van der Waals surface area contributed by atoms with Crippen molar-refractivity contribution < 1.29 is 19.1 Å². The number of ether oxygens (including phenoxy) is 2. The quantitative estimate of drug-likeness (QED) is 0.781. The Labute approximate surface area is 124 Å². The number of hydrogen-bond donors (Lipinski definition) is 0. The molecule has 1 heterocycles. The molecule has 0 fully saturated rings. The second-order valence-electron chi connectivity index (χ2n) is 5.38. The van der Waals surface area contributed by atoms with Crippen LogP contribution >= 0.6 is 0 Å². The molecule has 0 saturated carbocycles. The van der Waals surface area contributed by atoms with Gasteiger partial charge in [-0.3, -0.25) is 9.59 Å². The number of fused-ring (bicyclic) bond motifs is 1. The second-order valence-corrected chi connectivity index (χ2v) is 5.38. The lowest BCUT2D eigenvalue weighted by molar-refractivity contribution is -0.143. The molecule has 1 aliphatic rings. The Balaban J connectivity index is 2.31. The van der Waals surface area contributed by atoms with Crippen molar-refractivity contribution in [2.24, 2.45) is 0 Å². The fourth-order valence-electron chi connectivity index (χ4n) is 2.80. The summed E-state index contributed by atoms with van der Waals surface area (Å²) >= 11 is 0. The Bertz CT molecular complexity index is 569. The van der Waals surface area contributed by atoms with E-state index in [4.69, 9.17) is 9.47 Å². The Morgan fingerprint density at radius 1 is 1.38 bits per heavy atom. The SMILES string of the molecule is CCOC(=O)CCC1(C)C(=O)N(C)c2ccc(OC)cc21. The van der Waals surface area contributed by atoms with Gasteiger partial charge in [-0.15, -0.1) is 0 Å². The summed E-state index contributed by atoms with van der Waals surface area (Å²) < 4.78 is 10.2. The molecule has 1 aromatic carbocycles. The molecule has 1 atom stereocenters. The first-order valence-corrected chi connectivity index (χ1v) is 7.06. The minimum atomic E-state index is -0.717. The summed E-state index contributed by atoms with van der Waals surface area (Å²) in [4.78, 5) is 25.8. The summed E-state index contributed by atoms with van der Waals surface area (Å²) in [6.07, 6.45) is 0.649. The Kier molecular flexibility index (Phi) is 4.21. The van der Waals surface area contributed by atoms with E-state index in [1.165, 1.54) is 0 Å². The van der Waals surface area contributed by atoms with Crippen molar-refractivity contribution in [2.75, 3.05) is 25.7 Å². The number of esters is 1. The van der Waals surface area contributed by atoms with Crippen molar-refractivity contribution in [2.45, 2.75) is 32.1 Å². The first kappa shape index (κ1) is 15.4. The molecule has 2 rings (SSSR count). The van der Waals surface area contributed by atoms with E-state index in [2.05, 4.69) is 0 Å². The standard InChI is InChI=1S/C16H21NO4/c1-5-21-14(18)8-9-16(2)12-10-11(20-4)6-7-13(12)17(3)15(16)19/h6-7,10H,5,8-9H2,1-4H3. The maximum atomic E-state index is 12.6. The molecule has 5 heteroatoms. The molecular weight excluding hydrogens is 270 g/mol. The number of carbonyl (C=O) groups excluding carboxylic acids is 2. The third-order valence-electron chi connectivity index (χ3n) is 4.07. The van der Waals surface area contributed by atoms with Crippen LogP contribution in [0.4, 0.5) is 5.69 Å². The molecule has 0 spiro atoms. The molecule has 1 amide bonds. The second kappa shape index (κ2) is 5.76. The molecule has 114 valence electrons. The third-order valence-corrected chi connectivity index (χ3v) is 4.07. The van der Waals surface area contributed by atoms with Crippen molar-refractivity contribution in [3.8, 4) is 5.75 Å². The average Bonchev–Trinajstić information content (AvgIpc) is 2.68. The zero-order valence-corrected chi connectivity index (χ0v) is 12.9. The van der Waals surface area contributed by atoms with Gasteiger partial charge in [-0.1, -0.05) is 0 Å². The Morgan fingerprint density at radius 2 is 2.10 bits per heavy atom. The van der Waals surface area contributed by atoms with Crippen LogP contribution in [0.3, 0.4) is 0 Å². The van der Waals surface area contributed by atoms with Gasteiger partial charge in [0.25, 0.3) is 0 Å². The zero-order valence-electron chi connectivity index (χ0n) is 12.9. The van der Waals surface area contributed by atoms with Crippen LogP contribution in [0, 0.1) is 0 Å². The minimum absolute atomic E-state index is 0.00458. The highest BCUT2D eigenvalue weighted by atomic mass is 16.5. The molecular formula is C16H21NO4. The highest BCUT2D eigenvalue weighted by molar-refractivity contribution is 6.07. The monoisotopic (exact) mass is 291 g/mol. The van der Waals surface area contributed by atoms with Gasteiger partial charge in [0.15, 0.2) is 0 Å². The molecule has 1 aromatic rings. The van der Waals surface area contributed by atoms with E-state index < -0.39 is 5.41 Å². The number of amides is 1. The van der Waals surface area contributed by atoms with E-state index in [0.717, 1.165) is 11.3 Å². The zero-order chi connectivity index (χ0) is 15.6. The summed E-state index contributed by atoms with van der Waals surface area (Å²) in [5, 5.41) is 0. The van der Waals surface area contributed by atoms with Crippen LogP contribution in [-0.4, -0.2) is 32.6 Å². The van der Waals surface area contributed by atoms with Gasteiger partial charge >= 0.3 is 5.97 Å². The van der Waals surface area contributed by atoms with Gasteiger partial charge in [-0.2, -0.15) is 0 Å². The molecule has 1 aliphatic heterocycles. The van der Waals surface area contributed by atoms with Crippen LogP contribution in [0.15, 0.2) is 18.2 Å². The lowest BCUT2D eigenvalue weighted by Crippen LogP contribution is -2.36. The van der Waals surface area contributed by atoms with Crippen LogP contribution in [-0.2, 0) is 19.7 Å². The molecule has 21 heavy (non-hydrogen) atoms. The van der Waals surface area contributed by atoms with Crippen molar-refractivity contribution in [3.63, 3.8) is 0 Å². The van der Waals surface area contributed by atoms with Crippen LogP contribution in [0.25, 0.3) is 0 Å². The summed E-state index contributed by atoms with van der Waals surface area (Å²) in [5.74, 6) is 0.430. The molecule has 0 bridgehead atoms. The average molecular weight is 291 g/mol. The van der Waals surface area contributed by atoms with Gasteiger partial charge < -0.3 is 14.4 Å². The van der Waals surface area contributed by atoms with Gasteiger partial charge in [-0.05, 0) is 44.0 Å². The summed E-state index contributed by atoms with van der Waals surface area (Å²) in [7, 11) is 3.35. The summed E-state index contributed by atoms with van der Waals surface area (Å²) in [5.41, 5.74) is 1.05. The number of rotatable bonds is 5. The number of carbonyl (C=O) groups is 2. The van der Waals surface area contributed by atoms with Crippen LogP contribution in [0.2, 0.25) is 0 Å². The molecule has 0 aromatic heterocycles. The summed E-state index contributed by atoms with van der Waals surface area (Å²) in [6, 6.07) is 5.59. The first-order valence-electron chi connectivity index (χ1n) is 7.06. The predicted octanol–water partition coefficient (Wildman–Crippen LogP) is 2.27. The third kappa shape index (κ3) is 2.60. The molecule has 5 nitrogen and oxygen atoms in total. The highest BCUT2D eigenvalue weighted by Gasteiger charge is 2.46. The largest absolute Gasteiger partial charge is 0.497 e. The fourth-order valence-corrected chi connectivity index (χ4v) is 2.80. The molecule has 0 N–H and O–H groups in total. The van der Waals surface area contributed by atoms with Crippen molar-refractivity contribution in [1.82, 2.24) is 0 Å². The lowest BCUT2D eigenvalue weighted by atomic mass is 9.79. The molecule has 1 unspecified atom stereocenters. The number of methoxy groups -OCH3 is 1. The first-order chi connectivity index (χ1) is 9.93. The maximum absolute atomic E-state index is 12.6. The van der Waals surface area contributed by atoms with E-state index >= 15 is 0 Å². The van der Waals surface area contributed by atoms with E-state index in [-0.39, 0.29) is 18.3 Å². The fraction of sp³-hybridized carbons (Fsp3) is 0.500. The van der Waals surface area contributed by atoms with Crippen LogP contribution < -0.4 is 9.64 Å². The number of hydrogen-bond acceptors (Lipinski definition) is 4. The van der Waals surface area contributed by atoms with Gasteiger partial charge in [0, 0.05) is 19.2 Å².